The van der Waals surface area contributed by atoms with E-state index in [2.05, 4.69) is 0 Å². The Morgan fingerprint density at radius 1 is 1.42 bits per heavy atom. The maximum atomic E-state index is 12.2. The Morgan fingerprint density at radius 3 is 2.79 bits per heavy atom. The van der Waals surface area contributed by atoms with Gasteiger partial charge in [-0.25, -0.2) is 4.79 Å². The molecular formula is C12H12F3NO3. The summed E-state index contributed by atoms with van der Waals surface area (Å²) in [6.07, 6.45) is -5.17. The van der Waals surface area contributed by atoms with Crippen molar-refractivity contribution in [2.45, 2.75) is 12.6 Å². The van der Waals surface area contributed by atoms with Crippen molar-refractivity contribution >= 4 is 11.7 Å². The van der Waals surface area contributed by atoms with Gasteiger partial charge in [0.25, 0.3) is 0 Å². The average Bonchev–Trinajstić information content (AvgIpc) is 2.34. The van der Waals surface area contributed by atoms with E-state index in [0.29, 0.717) is 12.2 Å². The quantitative estimate of drug-likeness (QED) is 0.921. The van der Waals surface area contributed by atoms with Crippen molar-refractivity contribution in [1.29, 1.82) is 0 Å². The van der Waals surface area contributed by atoms with Gasteiger partial charge in [-0.05, 0) is 12.1 Å². The Kier molecular flexibility index (Phi) is 3.55. The summed E-state index contributed by atoms with van der Waals surface area (Å²) in [6.45, 7) is 0.282. The molecule has 0 radical (unpaired) electrons. The molecule has 104 valence electrons. The van der Waals surface area contributed by atoms with Gasteiger partial charge >= 0.3 is 12.1 Å². The number of halogens is 3. The van der Waals surface area contributed by atoms with Crippen LogP contribution in [0.4, 0.5) is 18.9 Å². The largest absolute Gasteiger partial charge is 0.489 e. The van der Waals surface area contributed by atoms with Crippen LogP contribution in [0, 0.1) is 0 Å². The number of carbonyl (C=O) groups is 1. The maximum absolute atomic E-state index is 12.2. The zero-order valence-electron chi connectivity index (χ0n) is 9.91. The number of alkyl halides is 3. The molecule has 1 N–H and O–H groups in total. The fraction of sp³-hybridized carbons (Fsp3) is 0.417. The number of aromatic carboxylic acids is 1. The first kappa shape index (κ1) is 13.5. The van der Waals surface area contributed by atoms with Crippen LogP contribution < -0.4 is 9.64 Å². The summed E-state index contributed by atoms with van der Waals surface area (Å²) >= 11 is 0. The molecule has 7 heteroatoms. The molecule has 19 heavy (non-hydrogen) atoms. The summed E-state index contributed by atoms with van der Waals surface area (Å²) in [5.74, 6) is -1.02. The molecule has 4 nitrogen and oxygen atoms in total. The highest BCUT2D eigenvalue weighted by Gasteiger charge is 2.30. The molecule has 0 amide bonds. The lowest BCUT2D eigenvalue weighted by Gasteiger charge is -2.32. The fourth-order valence-electron chi connectivity index (χ4n) is 1.97. The van der Waals surface area contributed by atoms with Crippen molar-refractivity contribution < 1.29 is 27.8 Å². The minimum Gasteiger partial charge on any atom is -0.489 e. The van der Waals surface area contributed by atoms with E-state index in [1.165, 1.54) is 17.0 Å². The van der Waals surface area contributed by atoms with Gasteiger partial charge in [-0.2, -0.15) is 13.2 Å². The molecule has 0 spiro atoms. The third-order valence-corrected chi connectivity index (χ3v) is 2.84. The molecule has 0 aliphatic carbocycles. The van der Waals surface area contributed by atoms with Gasteiger partial charge in [-0.1, -0.05) is 6.07 Å². The van der Waals surface area contributed by atoms with E-state index in [0.717, 1.165) is 0 Å². The van der Waals surface area contributed by atoms with Crippen LogP contribution in [0.3, 0.4) is 0 Å². The van der Waals surface area contributed by atoms with Crippen molar-refractivity contribution in [1.82, 2.24) is 0 Å². The minimum absolute atomic E-state index is 0.0331. The topological polar surface area (TPSA) is 49.8 Å². The highest BCUT2D eigenvalue weighted by atomic mass is 19.4. The zero-order valence-corrected chi connectivity index (χ0v) is 9.91. The molecule has 1 heterocycles. The van der Waals surface area contributed by atoms with Crippen LogP contribution in [-0.2, 0) is 0 Å². The molecule has 1 aliphatic heterocycles. The van der Waals surface area contributed by atoms with Crippen LogP contribution in [0.25, 0.3) is 0 Å². The van der Waals surface area contributed by atoms with Gasteiger partial charge in [-0.3, -0.25) is 0 Å². The highest BCUT2D eigenvalue weighted by molar-refractivity contribution is 5.93. The van der Waals surface area contributed by atoms with E-state index in [4.69, 9.17) is 9.84 Å². The molecule has 1 aromatic carbocycles. The van der Waals surface area contributed by atoms with Gasteiger partial charge < -0.3 is 14.7 Å². The Morgan fingerprint density at radius 2 is 2.16 bits per heavy atom. The molecular weight excluding hydrogens is 263 g/mol. The third-order valence-electron chi connectivity index (χ3n) is 2.84. The summed E-state index contributed by atoms with van der Waals surface area (Å²) < 4.78 is 42.0. The van der Waals surface area contributed by atoms with Gasteiger partial charge in [0.15, 0.2) is 5.75 Å². The Hall–Kier alpha value is -1.92. The Bertz CT molecular complexity index is 488. The number of hydrogen-bond donors (Lipinski definition) is 1. The van der Waals surface area contributed by atoms with Crippen LogP contribution >= 0.6 is 0 Å². The van der Waals surface area contributed by atoms with E-state index >= 15 is 0 Å². The van der Waals surface area contributed by atoms with Crippen LogP contribution in [-0.4, -0.2) is 36.9 Å². The summed E-state index contributed by atoms with van der Waals surface area (Å²) in [5.41, 5.74) is 0.365. The number of para-hydroxylation sites is 1. The Balaban J connectivity index is 2.25. The van der Waals surface area contributed by atoms with Crippen LogP contribution in [0.5, 0.6) is 5.75 Å². The standard InChI is InChI=1S/C12H12F3NO3/c13-12(14,15)4-5-16-6-7-19-10-8(11(17)18)2-1-3-9(10)16/h1-3H,4-7H2,(H,17,18). The summed E-state index contributed by atoms with van der Waals surface area (Å²) in [5, 5.41) is 9.01. The van der Waals surface area contributed by atoms with Crippen molar-refractivity contribution in [2.75, 3.05) is 24.6 Å². The molecule has 1 aliphatic rings. The van der Waals surface area contributed by atoms with Gasteiger partial charge in [0.05, 0.1) is 18.7 Å². The monoisotopic (exact) mass is 275 g/mol. The number of anilines is 1. The average molecular weight is 275 g/mol. The zero-order chi connectivity index (χ0) is 14.0. The second-order valence-corrected chi connectivity index (χ2v) is 4.16. The Labute approximate surface area is 107 Å². The number of rotatable bonds is 3. The number of carboxylic acid groups (broad SMARTS) is 1. The predicted molar refractivity (Wildman–Crippen MR) is 61.8 cm³/mol. The number of benzene rings is 1. The predicted octanol–water partition coefficient (Wildman–Crippen LogP) is 2.54. The number of carboxylic acids is 1. The lowest BCUT2D eigenvalue weighted by molar-refractivity contribution is -0.132. The summed E-state index contributed by atoms with van der Waals surface area (Å²) in [4.78, 5) is 12.5. The molecule has 0 fully saturated rings. The van der Waals surface area contributed by atoms with Crippen LogP contribution in [0.1, 0.15) is 16.8 Å². The first-order valence-electron chi connectivity index (χ1n) is 5.69. The van der Waals surface area contributed by atoms with Crippen molar-refractivity contribution in [3.05, 3.63) is 23.8 Å². The normalized spacial score (nSPS) is 14.8. The highest BCUT2D eigenvalue weighted by Crippen LogP contribution is 2.35. The lowest BCUT2D eigenvalue weighted by atomic mass is 10.1. The van der Waals surface area contributed by atoms with Crippen LogP contribution in [0.2, 0.25) is 0 Å². The fourth-order valence-corrected chi connectivity index (χ4v) is 1.97. The molecule has 1 aromatic rings. The minimum atomic E-state index is -4.23. The molecule has 0 saturated carbocycles. The summed E-state index contributed by atoms with van der Waals surface area (Å²) in [6, 6.07) is 4.43. The first-order chi connectivity index (χ1) is 8.88. The molecule has 0 aromatic heterocycles. The van der Waals surface area contributed by atoms with Gasteiger partial charge in [0.2, 0.25) is 0 Å². The van der Waals surface area contributed by atoms with Gasteiger partial charge in [0.1, 0.15) is 12.2 Å². The number of ether oxygens (including phenoxy) is 1. The number of fused-ring (bicyclic) bond motifs is 1. The maximum Gasteiger partial charge on any atom is 0.390 e. The second kappa shape index (κ2) is 4.99. The number of hydrogen-bond acceptors (Lipinski definition) is 3. The third kappa shape index (κ3) is 3.10. The smallest absolute Gasteiger partial charge is 0.390 e. The second-order valence-electron chi connectivity index (χ2n) is 4.16. The SMILES string of the molecule is O=C(O)c1cccc2c1OCCN2CCC(F)(F)F. The van der Waals surface area contributed by atoms with E-state index < -0.39 is 18.6 Å². The van der Waals surface area contributed by atoms with E-state index in [9.17, 15) is 18.0 Å². The molecule has 0 unspecified atom stereocenters. The van der Waals surface area contributed by atoms with Crippen molar-refractivity contribution in [3.8, 4) is 5.75 Å². The lowest BCUT2D eigenvalue weighted by Crippen LogP contribution is -2.35. The molecule has 0 atom stereocenters. The van der Waals surface area contributed by atoms with E-state index in [-0.39, 0.29) is 24.5 Å². The molecule has 0 bridgehead atoms. The van der Waals surface area contributed by atoms with Crippen molar-refractivity contribution in [3.63, 3.8) is 0 Å². The van der Waals surface area contributed by atoms with Gasteiger partial charge in [-0.15, -0.1) is 0 Å². The first-order valence-corrected chi connectivity index (χ1v) is 5.69. The van der Waals surface area contributed by atoms with Crippen LogP contribution in [0.15, 0.2) is 18.2 Å². The van der Waals surface area contributed by atoms with E-state index in [1.54, 1.807) is 6.07 Å². The number of nitrogens with zero attached hydrogens (tertiary/aromatic N) is 1. The molecule has 2 rings (SSSR count). The summed E-state index contributed by atoms with van der Waals surface area (Å²) in [7, 11) is 0. The van der Waals surface area contributed by atoms with E-state index in [1.807, 2.05) is 0 Å². The van der Waals surface area contributed by atoms with Crippen molar-refractivity contribution in [2.24, 2.45) is 0 Å². The molecule has 0 saturated heterocycles. The van der Waals surface area contributed by atoms with Gasteiger partial charge in [0, 0.05) is 6.54 Å².